The van der Waals surface area contributed by atoms with Crippen molar-refractivity contribution >= 4 is 5.91 Å². The van der Waals surface area contributed by atoms with Crippen molar-refractivity contribution in [2.75, 3.05) is 19.8 Å². The van der Waals surface area contributed by atoms with E-state index in [1.807, 2.05) is 57.2 Å². The fraction of sp³-hybridized carbons (Fsp3) is 0.280. The molecule has 0 unspecified atom stereocenters. The summed E-state index contributed by atoms with van der Waals surface area (Å²) in [4.78, 5) is 27.6. The first-order valence-electron chi connectivity index (χ1n) is 10.5. The number of rotatable bonds is 10. The lowest BCUT2D eigenvalue weighted by atomic mass is 10.1. The number of amides is 1. The van der Waals surface area contributed by atoms with Gasteiger partial charge in [-0.15, -0.1) is 0 Å². The summed E-state index contributed by atoms with van der Waals surface area (Å²) < 4.78 is 17.1. The molecule has 32 heavy (non-hydrogen) atoms. The van der Waals surface area contributed by atoms with Gasteiger partial charge in [0.2, 0.25) is 0 Å². The minimum atomic E-state index is -0.302. The quantitative estimate of drug-likeness (QED) is 0.472. The summed E-state index contributed by atoms with van der Waals surface area (Å²) in [7, 11) is 0. The smallest absolute Gasteiger partial charge is 0.253 e. The number of ether oxygens (including phenoxy) is 3. The van der Waals surface area contributed by atoms with Gasteiger partial charge in [-0.2, -0.15) is 0 Å². The zero-order valence-corrected chi connectivity index (χ0v) is 18.6. The van der Waals surface area contributed by atoms with E-state index in [9.17, 15) is 9.59 Å². The first-order valence-corrected chi connectivity index (χ1v) is 10.5. The van der Waals surface area contributed by atoms with Crippen molar-refractivity contribution in [3.63, 3.8) is 0 Å². The lowest BCUT2D eigenvalue weighted by Gasteiger charge is -2.14. The molecule has 3 aromatic rings. The van der Waals surface area contributed by atoms with Gasteiger partial charge in [0.25, 0.3) is 11.5 Å². The molecule has 0 aliphatic heterocycles. The van der Waals surface area contributed by atoms with Crippen LogP contribution in [0.2, 0.25) is 0 Å². The van der Waals surface area contributed by atoms with Crippen molar-refractivity contribution in [1.82, 2.24) is 10.3 Å². The van der Waals surface area contributed by atoms with Crippen molar-refractivity contribution < 1.29 is 19.0 Å². The second kappa shape index (κ2) is 11.0. The Hall–Kier alpha value is -3.74. The van der Waals surface area contributed by atoms with Crippen LogP contribution in [0.15, 0.2) is 59.4 Å². The van der Waals surface area contributed by atoms with Gasteiger partial charge in [0.15, 0.2) is 11.5 Å². The predicted molar refractivity (Wildman–Crippen MR) is 123 cm³/mol. The highest BCUT2D eigenvalue weighted by molar-refractivity contribution is 5.94. The van der Waals surface area contributed by atoms with Crippen LogP contribution in [0.5, 0.6) is 17.2 Å². The molecule has 1 aromatic heterocycles. The van der Waals surface area contributed by atoms with Gasteiger partial charge in [-0.3, -0.25) is 9.59 Å². The fourth-order valence-electron chi connectivity index (χ4n) is 3.24. The zero-order chi connectivity index (χ0) is 22.9. The minimum absolute atomic E-state index is 0.138. The van der Waals surface area contributed by atoms with Crippen LogP contribution < -0.4 is 25.1 Å². The van der Waals surface area contributed by atoms with Gasteiger partial charge >= 0.3 is 0 Å². The molecule has 7 heteroatoms. The molecule has 0 radical (unpaired) electrons. The van der Waals surface area contributed by atoms with Crippen LogP contribution in [-0.4, -0.2) is 30.7 Å². The lowest BCUT2D eigenvalue weighted by Crippen LogP contribution is -2.28. The predicted octanol–water partition coefficient (Wildman–Crippen LogP) is 3.78. The number of aryl methyl sites for hydroxylation is 2. The van der Waals surface area contributed by atoms with Crippen molar-refractivity contribution in [3.05, 3.63) is 87.3 Å². The van der Waals surface area contributed by atoms with Crippen LogP contribution in [-0.2, 0) is 6.54 Å². The summed E-state index contributed by atoms with van der Waals surface area (Å²) in [6.45, 7) is 6.81. The van der Waals surface area contributed by atoms with Crippen LogP contribution >= 0.6 is 0 Å². The Morgan fingerprint density at radius 3 is 2.41 bits per heavy atom. The van der Waals surface area contributed by atoms with Gasteiger partial charge in [0.05, 0.1) is 6.61 Å². The number of para-hydroxylation sites is 1. The molecule has 0 saturated carbocycles. The molecule has 7 nitrogen and oxygen atoms in total. The molecule has 1 heterocycles. The molecule has 2 aromatic carbocycles. The molecule has 3 rings (SSSR count). The van der Waals surface area contributed by atoms with E-state index in [4.69, 9.17) is 14.2 Å². The van der Waals surface area contributed by atoms with Gasteiger partial charge < -0.3 is 24.5 Å². The standard InChI is InChI=1S/C25H28N2O5/c1-4-30-23-15-19(24(28)26-16-21-17(2)14-18(3)27-25(21)29)10-11-22(23)32-13-12-31-20-8-6-5-7-9-20/h5-11,14-15H,4,12-13,16H2,1-3H3,(H,26,28)(H,27,29). The van der Waals surface area contributed by atoms with Crippen LogP contribution in [0.3, 0.4) is 0 Å². The molecular weight excluding hydrogens is 408 g/mol. The van der Waals surface area contributed by atoms with Crippen molar-refractivity contribution in [1.29, 1.82) is 0 Å². The van der Waals surface area contributed by atoms with E-state index in [-0.39, 0.29) is 18.0 Å². The molecule has 0 aliphatic rings. The van der Waals surface area contributed by atoms with E-state index in [0.717, 1.165) is 17.0 Å². The molecule has 0 spiro atoms. The first kappa shape index (κ1) is 22.9. The monoisotopic (exact) mass is 436 g/mol. The number of aromatic amines is 1. The van der Waals surface area contributed by atoms with Crippen molar-refractivity contribution in [3.8, 4) is 17.2 Å². The molecule has 0 fully saturated rings. The third kappa shape index (κ3) is 6.14. The third-order valence-corrected chi connectivity index (χ3v) is 4.78. The summed E-state index contributed by atoms with van der Waals surface area (Å²) in [5.41, 5.74) is 2.38. The SMILES string of the molecule is CCOc1cc(C(=O)NCc2c(C)cc(C)[nH]c2=O)ccc1OCCOc1ccccc1. The van der Waals surface area contributed by atoms with Gasteiger partial charge in [0, 0.05) is 23.4 Å². The average Bonchev–Trinajstić information content (AvgIpc) is 2.77. The summed E-state index contributed by atoms with van der Waals surface area (Å²) in [6, 6.07) is 16.4. The van der Waals surface area contributed by atoms with E-state index in [2.05, 4.69) is 10.3 Å². The maximum Gasteiger partial charge on any atom is 0.253 e. The van der Waals surface area contributed by atoms with Crippen LogP contribution in [0.4, 0.5) is 0 Å². The average molecular weight is 437 g/mol. The van der Waals surface area contributed by atoms with E-state index in [0.29, 0.717) is 42.4 Å². The Morgan fingerprint density at radius 2 is 1.69 bits per heavy atom. The molecule has 0 aliphatic carbocycles. The second-order valence-corrected chi connectivity index (χ2v) is 7.23. The normalized spacial score (nSPS) is 10.5. The highest BCUT2D eigenvalue weighted by Gasteiger charge is 2.13. The molecular formula is C25H28N2O5. The van der Waals surface area contributed by atoms with E-state index in [1.54, 1.807) is 18.2 Å². The Morgan fingerprint density at radius 1 is 0.938 bits per heavy atom. The first-order chi connectivity index (χ1) is 15.5. The Labute approximate surface area is 187 Å². The van der Waals surface area contributed by atoms with Crippen LogP contribution in [0, 0.1) is 13.8 Å². The maximum atomic E-state index is 12.7. The van der Waals surface area contributed by atoms with Gasteiger partial charge in [-0.1, -0.05) is 18.2 Å². The number of H-pyrrole nitrogens is 1. The maximum absolute atomic E-state index is 12.7. The molecule has 0 atom stereocenters. The number of pyridine rings is 1. The number of hydrogen-bond acceptors (Lipinski definition) is 5. The lowest BCUT2D eigenvalue weighted by molar-refractivity contribution is 0.0950. The molecule has 0 bridgehead atoms. The largest absolute Gasteiger partial charge is 0.490 e. The molecule has 1 amide bonds. The third-order valence-electron chi connectivity index (χ3n) is 4.78. The number of carbonyl (C=O) groups excluding carboxylic acids is 1. The van der Waals surface area contributed by atoms with E-state index in [1.165, 1.54) is 0 Å². The van der Waals surface area contributed by atoms with Crippen LogP contribution in [0.1, 0.15) is 34.1 Å². The number of nitrogens with one attached hydrogen (secondary N) is 2. The summed E-state index contributed by atoms with van der Waals surface area (Å²) in [6.07, 6.45) is 0. The fourth-order valence-corrected chi connectivity index (χ4v) is 3.24. The number of hydrogen-bond donors (Lipinski definition) is 2. The van der Waals surface area contributed by atoms with E-state index >= 15 is 0 Å². The second-order valence-electron chi connectivity index (χ2n) is 7.23. The Bertz CT molecular complexity index is 1110. The topological polar surface area (TPSA) is 89.7 Å². The Kier molecular flexibility index (Phi) is 7.91. The van der Waals surface area contributed by atoms with E-state index < -0.39 is 0 Å². The summed E-state index contributed by atoms with van der Waals surface area (Å²) >= 11 is 0. The van der Waals surface area contributed by atoms with Crippen LogP contribution in [0.25, 0.3) is 0 Å². The zero-order valence-electron chi connectivity index (χ0n) is 18.6. The molecule has 2 N–H and O–H groups in total. The van der Waals surface area contributed by atoms with Crippen molar-refractivity contribution in [2.45, 2.75) is 27.3 Å². The molecule has 0 saturated heterocycles. The molecule has 168 valence electrons. The van der Waals surface area contributed by atoms with Gasteiger partial charge in [-0.25, -0.2) is 0 Å². The minimum Gasteiger partial charge on any atom is -0.490 e. The highest BCUT2D eigenvalue weighted by Crippen LogP contribution is 2.28. The van der Waals surface area contributed by atoms with Gasteiger partial charge in [0.1, 0.15) is 19.0 Å². The number of benzene rings is 2. The number of aromatic nitrogens is 1. The van der Waals surface area contributed by atoms with Crippen molar-refractivity contribution in [2.24, 2.45) is 0 Å². The highest BCUT2D eigenvalue weighted by atomic mass is 16.5. The number of carbonyl (C=O) groups is 1. The summed E-state index contributed by atoms with van der Waals surface area (Å²) in [5.74, 6) is 1.48. The summed E-state index contributed by atoms with van der Waals surface area (Å²) in [5, 5.41) is 2.80. The Balaban J connectivity index is 1.61. The van der Waals surface area contributed by atoms with Gasteiger partial charge in [-0.05, 0) is 62.7 Å².